The zero-order valence-electron chi connectivity index (χ0n) is 12.5. The molecule has 1 unspecified atom stereocenters. The van der Waals surface area contributed by atoms with Crippen molar-refractivity contribution >= 4 is 11.8 Å². The highest BCUT2D eigenvalue weighted by Crippen LogP contribution is 2.21. The first-order chi connectivity index (χ1) is 10.4. The van der Waals surface area contributed by atoms with Gasteiger partial charge in [-0.05, 0) is 25.7 Å². The smallest absolute Gasteiger partial charge is 0.340 e. The monoisotopic (exact) mass is 321 g/mol. The van der Waals surface area contributed by atoms with Crippen LogP contribution in [-0.4, -0.2) is 66.6 Å². The first kappa shape index (κ1) is 17.1. The van der Waals surface area contributed by atoms with E-state index in [0.29, 0.717) is 19.5 Å². The van der Waals surface area contributed by atoms with E-state index in [1.807, 2.05) is 4.90 Å². The number of alkyl halides is 3. The molecule has 0 bridgehead atoms. The van der Waals surface area contributed by atoms with Gasteiger partial charge in [-0.3, -0.25) is 9.59 Å². The molecule has 126 valence electrons. The second-order valence-electron chi connectivity index (χ2n) is 5.90. The lowest BCUT2D eigenvalue weighted by molar-refractivity contribution is -0.142. The van der Waals surface area contributed by atoms with Crippen molar-refractivity contribution in [2.75, 3.05) is 32.7 Å². The predicted molar refractivity (Wildman–Crippen MR) is 74.1 cm³/mol. The van der Waals surface area contributed by atoms with Crippen LogP contribution in [0, 0.1) is 0 Å². The molecule has 5 nitrogen and oxygen atoms in total. The molecular formula is C14H22F3N3O2. The van der Waals surface area contributed by atoms with Gasteiger partial charge < -0.3 is 15.1 Å². The number of piperidine rings is 2. The highest BCUT2D eigenvalue weighted by Gasteiger charge is 2.32. The molecule has 2 fully saturated rings. The Hall–Kier alpha value is -1.31. The molecule has 0 aliphatic carbocycles. The number of nitrogens with one attached hydrogen (secondary N) is 1. The number of likely N-dealkylation sites (tertiary alicyclic amines) is 2. The average Bonchev–Trinajstić information content (AvgIpc) is 2.46. The number of nitrogens with zero attached hydrogens (tertiary/aromatic N) is 2. The highest BCUT2D eigenvalue weighted by atomic mass is 19.4. The van der Waals surface area contributed by atoms with Gasteiger partial charge in [-0.2, -0.15) is 13.2 Å². The third-order valence-electron chi connectivity index (χ3n) is 4.15. The van der Waals surface area contributed by atoms with Gasteiger partial charge >= 0.3 is 6.18 Å². The molecule has 22 heavy (non-hydrogen) atoms. The fourth-order valence-corrected chi connectivity index (χ4v) is 3.07. The quantitative estimate of drug-likeness (QED) is 0.845. The molecule has 0 saturated carbocycles. The lowest BCUT2D eigenvalue weighted by atomic mass is 10.0. The van der Waals surface area contributed by atoms with E-state index in [1.165, 1.54) is 0 Å². The molecule has 2 heterocycles. The standard InChI is InChI=1S/C14H22F3N3O2/c15-14(16,17)10-18-8-13(22)19-6-3-4-11(9-19)20-7-2-1-5-12(20)21/h11,18H,1-10H2. The molecule has 2 aliphatic rings. The Morgan fingerprint density at radius 3 is 2.68 bits per heavy atom. The van der Waals surface area contributed by atoms with Gasteiger partial charge in [-0.1, -0.05) is 0 Å². The zero-order chi connectivity index (χ0) is 16.2. The van der Waals surface area contributed by atoms with Crippen LogP contribution in [0.25, 0.3) is 0 Å². The Morgan fingerprint density at radius 2 is 2.00 bits per heavy atom. The molecule has 2 rings (SSSR count). The lowest BCUT2D eigenvalue weighted by Gasteiger charge is -2.41. The highest BCUT2D eigenvalue weighted by molar-refractivity contribution is 5.79. The Balaban J connectivity index is 1.82. The average molecular weight is 321 g/mol. The number of hydrogen-bond donors (Lipinski definition) is 1. The molecule has 2 saturated heterocycles. The van der Waals surface area contributed by atoms with Crippen molar-refractivity contribution in [2.45, 2.75) is 44.3 Å². The summed E-state index contributed by atoms with van der Waals surface area (Å²) in [6.07, 6.45) is -0.247. The van der Waals surface area contributed by atoms with Crippen molar-refractivity contribution in [1.82, 2.24) is 15.1 Å². The fraction of sp³-hybridized carbons (Fsp3) is 0.857. The summed E-state index contributed by atoms with van der Waals surface area (Å²) in [7, 11) is 0. The maximum absolute atomic E-state index is 12.1. The van der Waals surface area contributed by atoms with Gasteiger partial charge in [0.1, 0.15) is 0 Å². The first-order valence-corrected chi connectivity index (χ1v) is 7.71. The van der Waals surface area contributed by atoms with E-state index in [4.69, 9.17) is 0 Å². The second kappa shape index (κ2) is 7.30. The van der Waals surface area contributed by atoms with Gasteiger partial charge in [0.15, 0.2) is 0 Å². The van der Waals surface area contributed by atoms with E-state index in [0.717, 1.165) is 32.2 Å². The van der Waals surface area contributed by atoms with Crippen LogP contribution in [0.3, 0.4) is 0 Å². The van der Waals surface area contributed by atoms with Crippen molar-refractivity contribution in [3.8, 4) is 0 Å². The molecule has 0 spiro atoms. The molecule has 1 atom stereocenters. The van der Waals surface area contributed by atoms with Gasteiger partial charge in [0.25, 0.3) is 0 Å². The maximum atomic E-state index is 12.1. The van der Waals surface area contributed by atoms with Gasteiger partial charge in [0, 0.05) is 32.1 Å². The van der Waals surface area contributed by atoms with Crippen LogP contribution in [0.5, 0.6) is 0 Å². The van der Waals surface area contributed by atoms with Gasteiger partial charge in [-0.15, -0.1) is 0 Å². The van der Waals surface area contributed by atoms with Crippen molar-refractivity contribution in [2.24, 2.45) is 0 Å². The minimum atomic E-state index is -4.31. The first-order valence-electron chi connectivity index (χ1n) is 7.71. The third-order valence-corrected chi connectivity index (χ3v) is 4.15. The summed E-state index contributed by atoms with van der Waals surface area (Å²) in [6, 6.07) is 0.00751. The summed E-state index contributed by atoms with van der Waals surface area (Å²) in [5, 5.41) is 2.13. The predicted octanol–water partition coefficient (Wildman–Crippen LogP) is 1.14. The largest absolute Gasteiger partial charge is 0.401 e. The van der Waals surface area contributed by atoms with Crippen LogP contribution in [0.1, 0.15) is 32.1 Å². The normalized spacial score (nSPS) is 23.8. The molecule has 0 aromatic carbocycles. The SMILES string of the molecule is O=C(CNCC(F)(F)F)N1CCCC(N2CCCCC2=O)C1. The number of carbonyl (C=O) groups is 2. The van der Waals surface area contributed by atoms with Crippen LogP contribution >= 0.6 is 0 Å². The summed E-state index contributed by atoms with van der Waals surface area (Å²) in [6.45, 7) is 0.210. The van der Waals surface area contributed by atoms with Crippen molar-refractivity contribution in [1.29, 1.82) is 0 Å². The van der Waals surface area contributed by atoms with Gasteiger partial charge in [-0.25, -0.2) is 0 Å². The molecule has 0 aromatic rings. The number of carbonyl (C=O) groups excluding carboxylic acids is 2. The molecule has 0 aromatic heterocycles. The molecule has 2 aliphatic heterocycles. The summed E-state index contributed by atoms with van der Waals surface area (Å²) in [4.78, 5) is 27.3. The van der Waals surface area contributed by atoms with E-state index in [9.17, 15) is 22.8 Å². The maximum Gasteiger partial charge on any atom is 0.401 e. The Kier molecular flexibility index (Phi) is 5.66. The zero-order valence-corrected chi connectivity index (χ0v) is 12.5. The van der Waals surface area contributed by atoms with Crippen LogP contribution in [-0.2, 0) is 9.59 Å². The van der Waals surface area contributed by atoms with Gasteiger partial charge in [0.2, 0.25) is 11.8 Å². The second-order valence-corrected chi connectivity index (χ2v) is 5.90. The van der Waals surface area contributed by atoms with E-state index >= 15 is 0 Å². The molecule has 8 heteroatoms. The van der Waals surface area contributed by atoms with Crippen LogP contribution in [0.2, 0.25) is 0 Å². The number of hydrogen-bond acceptors (Lipinski definition) is 3. The number of amides is 2. The van der Waals surface area contributed by atoms with Crippen LogP contribution < -0.4 is 5.32 Å². The molecule has 1 N–H and O–H groups in total. The van der Waals surface area contributed by atoms with Gasteiger partial charge in [0.05, 0.1) is 13.1 Å². The summed E-state index contributed by atoms with van der Waals surface area (Å²) >= 11 is 0. The van der Waals surface area contributed by atoms with Crippen molar-refractivity contribution in [3.63, 3.8) is 0 Å². The summed E-state index contributed by atoms with van der Waals surface area (Å²) in [5.74, 6) is -0.209. The van der Waals surface area contributed by atoms with E-state index in [1.54, 1.807) is 4.90 Å². The molecule has 0 radical (unpaired) electrons. The Morgan fingerprint density at radius 1 is 1.23 bits per heavy atom. The lowest BCUT2D eigenvalue weighted by Crippen LogP contribution is -2.54. The fourth-order valence-electron chi connectivity index (χ4n) is 3.07. The van der Waals surface area contributed by atoms with Crippen molar-refractivity contribution in [3.05, 3.63) is 0 Å². The summed E-state index contributed by atoms with van der Waals surface area (Å²) < 4.78 is 36.2. The third kappa shape index (κ3) is 4.86. The topological polar surface area (TPSA) is 52.7 Å². The Bertz CT molecular complexity index is 415. The van der Waals surface area contributed by atoms with Crippen LogP contribution in [0.4, 0.5) is 13.2 Å². The molecule has 2 amide bonds. The van der Waals surface area contributed by atoms with Crippen LogP contribution in [0.15, 0.2) is 0 Å². The van der Waals surface area contributed by atoms with E-state index in [2.05, 4.69) is 5.32 Å². The minimum Gasteiger partial charge on any atom is -0.340 e. The minimum absolute atomic E-state index is 0.00751. The summed E-state index contributed by atoms with van der Waals surface area (Å²) in [5.41, 5.74) is 0. The number of halogens is 3. The van der Waals surface area contributed by atoms with E-state index in [-0.39, 0.29) is 24.4 Å². The van der Waals surface area contributed by atoms with E-state index < -0.39 is 12.7 Å². The molecular weight excluding hydrogens is 299 g/mol. The van der Waals surface area contributed by atoms with Crippen molar-refractivity contribution < 1.29 is 22.8 Å². The number of rotatable bonds is 4. The Labute approximate surface area is 127 Å².